The van der Waals surface area contributed by atoms with Crippen molar-refractivity contribution in [3.05, 3.63) is 46.1 Å². The quantitative estimate of drug-likeness (QED) is 0.701. The molecule has 0 spiro atoms. The summed E-state index contributed by atoms with van der Waals surface area (Å²) in [6.07, 6.45) is 0. The molecule has 1 aromatic heterocycles. The molecule has 0 aliphatic rings. The van der Waals surface area contributed by atoms with Crippen LogP contribution < -0.4 is 0 Å². The van der Waals surface area contributed by atoms with Gasteiger partial charge in [-0.15, -0.1) is 0 Å². The highest BCUT2D eigenvalue weighted by molar-refractivity contribution is 6.33. The third kappa shape index (κ3) is 3.23. The average molecular weight is 299 g/mol. The fourth-order valence-electron chi connectivity index (χ4n) is 1.58. The number of benzene rings is 1. The maximum atomic E-state index is 13.3. The van der Waals surface area contributed by atoms with E-state index in [1.807, 2.05) is 20.8 Å². The summed E-state index contributed by atoms with van der Waals surface area (Å²) in [7, 11) is 0. The van der Waals surface area contributed by atoms with E-state index in [4.69, 9.17) is 23.2 Å². The van der Waals surface area contributed by atoms with Crippen LogP contribution in [0, 0.1) is 5.82 Å². The Hall–Kier alpha value is -1.19. The number of halogens is 3. The number of nitrogens with zero attached hydrogens (tertiary/aromatic N) is 2. The molecule has 1 heterocycles. The molecule has 2 aromatic rings. The van der Waals surface area contributed by atoms with Gasteiger partial charge in [-0.2, -0.15) is 0 Å². The second kappa shape index (κ2) is 5.06. The van der Waals surface area contributed by atoms with Crippen molar-refractivity contribution in [2.75, 3.05) is 0 Å². The number of aromatic nitrogens is 2. The molecule has 0 N–H and O–H groups in total. The van der Waals surface area contributed by atoms with Gasteiger partial charge in [0.1, 0.15) is 16.8 Å². The van der Waals surface area contributed by atoms with Gasteiger partial charge in [0.2, 0.25) is 0 Å². The molecule has 0 saturated carbocycles. The minimum absolute atomic E-state index is 0.251. The first kappa shape index (κ1) is 14.2. The van der Waals surface area contributed by atoms with Crippen molar-refractivity contribution in [1.29, 1.82) is 0 Å². The molecule has 2 nitrogen and oxygen atoms in total. The van der Waals surface area contributed by atoms with Crippen LogP contribution in [0.2, 0.25) is 10.2 Å². The van der Waals surface area contributed by atoms with Crippen LogP contribution in [0.15, 0.2) is 24.3 Å². The summed E-state index contributed by atoms with van der Waals surface area (Å²) in [5.74, 6) is 0.224. The molecule has 1 aromatic carbocycles. The molecular formula is C14H13Cl2FN2. The summed E-state index contributed by atoms with van der Waals surface area (Å²) in [4.78, 5) is 8.63. The summed E-state index contributed by atoms with van der Waals surface area (Å²) in [5.41, 5.74) is 0.783. The van der Waals surface area contributed by atoms with Gasteiger partial charge in [0, 0.05) is 17.0 Å². The van der Waals surface area contributed by atoms with E-state index in [9.17, 15) is 4.39 Å². The van der Waals surface area contributed by atoms with Gasteiger partial charge < -0.3 is 0 Å². The van der Waals surface area contributed by atoms with E-state index in [0.717, 1.165) is 0 Å². The number of hydrogen-bond donors (Lipinski definition) is 0. The standard InChI is InChI=1S/C14H13Cl2FN2/c1-14(2,3)13-18-11(7-12(16)19-13)9-6-8(17)4-5-10(9)15/h4-7H,1-3H3. The van der Waals surface area contributed by atoms with Gasteiger partial charge in [0.15, 0.2) is 0 Å². The van der Waals surface area contributed by atoms with E-state index in [2.05, 4.69) is 9.97 Å². The molecule has 0 aliphatic heterocycles. The van der Waals surface area contributed by atoms with Gasteiger partial charge in [0.05, 0.1) is 10.7 Å². The first-order valence-electron chi connectivity index (χ1n) is 5.78. The Kier molecular flexibility index (Phi) is 3.79. The van der Waals surface area contributed by atoms with Crippen LogP contribution in [0.5, 0.6) is 0 Å². The van der Waals surface area contributed by atoms with Crippen molar-refractivity contribution < 1.29 is 4.39 Å². The number of hydrogen-bond acceptors (Lipinski definition) is 2. The van der Waals surface area contributed by atoms with Gasteiger partial charge >= 0.3 is 0 Å². The first-order valence-corrected chi connectivity index (χ1v) is 6.53. The highest BCUT2D eigenvalue weighted by atomic mass is 35.5. The maximum Gasteiger partial charge on any atom is 0.136 e. The fraction of sp³-hybridized carbons (Fsp3) is 0.286. The summed E-state index contributed by atoms with van der Waals surface area (Å²) in [6, 6.07) is 5.73. The molecule has 5 heteroatoms. The first-order chi connectivity index (χ1) is 8.77. The molecule has 0 fully saturated rings. The lowest BCUT2D eigenvalue weighted by Crippen LogP contribution is -2.16. The molecule has 0 saturated heterocycles. The van der Waals surface area contributed by atoms with Crippen LogP contribution in [0.1, 0.15) is 26.6 Å². The zero-order valence-corrected chi connectivity index (χ0v) is 12.3. The van der Waals surface area contributed by atoms with Crippen LogP contribution >= 0.6 is 23.2 Å². The fourth-order valence-corrected chi connectivity index (χ4v) is 1.98. The Labute approximate surface area is 121 Å². The van der Waals surface area contributed by atoms with Gasteiger partial charge in [-0.25, -0.2) is 14.4 Å². The second-order valence-corrected chi connectivity index (χ2v) is 6.07. The Morgan fingerprint density at radius 1 is 1.05 bits per heavy atom. The molecule has 0 amide bonds. The smallest absolute Gasteiger partial charge is 0.136 e. The van der Waals surface area contributed by atoms with Crippen molar-refractivity contribution in [2.45, 2.75) is 26.2 Å². The van der Waals surface area contributed by atoms with Crippen LogP contribution in [-0.4, -0.2) is 9.97 Å². The van der Waals surface area contributed by atoms with Crippen molar-refractivity contribution in [3.63, 3.8) is 0 Å². The topological polar surface area (TPSA) is 25.8 Å². The van der Waals surface area contributed by atoms with Crippen molar-refractivity contribution in [2.24, 2.45) is 0 Å². The van der Waals surface area contributed by atoms with E-state index in [0.29, 0.717) is 27.3 Å². The zero-order chi connectivity index (χ0) is 14.2. The summed E-state index contributed by atoms with van der Waals surface area (Å²) >= 11 is 12.1. The summed E-state index contributed by atoms with van der Waals surface area (Å²) in [6.45, 7) is 5.95. The molecule has 0 bridgehead atoms. The highest BCUT2D eigenvalue weighted by Crippen LogP contribution is 2.30. The normalized spacial score (nSPS) is 11.7. The monoisotopic (exact) mass is 298 g/mol. The molecule has 0 aliphatic carbocycles. The lowest BCUT2D eigenvalue weighted by atomic mass is 9.95. The van der Waals surface area contributed by atoms with Gasteiger partial charge in [0.25, 0.3) is 0 Å². The van der Waals surface area contributed by atoms with Gasteiger partial charge in [-0.3, -0.25) is 0 Å². The predicted molar refractivity (Wildman–Crippen MR) is 76.1 cm³/mol. The van der Waals surface area contributed by atoms with Gasteiger partial charge in [-0.1, -0.05) is 44.0 Å². The molecule has 0 unspecified atom stereocenters. The maximum absolute atomic E-state index is 13.3. The molecule has 0 radical (unpaired) electrons. The molecule has 19 heavy (non-hydrogen) atoms. The van der Waals surface area contributed by atoms with Crippen molar-refractivity contribution in [1.82, 2.24) is 9.97 Å². The lowest BCUT2D eigenvalue weighted by molar-refractivity contribution is 0.546. The van der Waals surface area contributed by atoms with Crippen molar-refractivity contribution >= 4 is 23.2 Å². The SMILES string of the molecule is CC(C)(C)c1nc(Cl)cc(-c2cc(F)ccc2Cl)n1. The van der Waals surface area contributed by atoms with E-state index < -0.39 is 0 Å². The Morgan fingerprint density at radius 3 is 2.37 bits per heavy atom. The van der Waals surface area contributed by atoms with Crippen LogP contribution in [0.25, 0.3) is 11.3 Å². The lowest BCUT2D eigenvalue weighted by Gasteiger charge is -2.17. The van der Waals surface area contributed by atoms with Crippen LogP contribution in [0.3, 0.4) is 0 Å². The van der Waals surface area contributed by atoms with Crippen LogP contribution in [-0.2, 0) is 5.41 Å². The Bertz CT molecular complexity index is 621. The molecule has 2 rings (SSSR count). The molecular weight excluding hydrogens is 286 g/mol. The summed E-state index contributed by atoms with van der Waals surface area (Å²) < 4.78 is 13.3. The second-order valence-electron chi connectivity index (χ2n) is 5.27. The minimum Gasteiger partial charge on any atom is -0.232 e. The van der Waals surface area contributed by atoms with Crippen molar-refractivity contribution in [3.8, 4) is 11.3 Å². The summed E-state index contributed by atoms with van der Waals surface area (Å²) in [5, 5.41) is 0.742. The predicted octanol–water partition coefficient (Wildman–Crippen LogP) is 4.89. The molecule has 100 valence electrons. The third-order valence-corrected chi connectivity index (χ3v) is 3.09. The largest absolute Gasteiger partial charge is 0.232 e. The van der Waals surface area contributed by atoms with E-state index in [1.54, 1.807) is 6.07 Å². The van der Waals surface area contributed by atoms with E-state index in [-0.39, 0.29) is 11.2 Å². The highest BCUT2D eigenvalue weighted by Gasteiger charge is 2.20. The van der Waals surface area contributed by atoms with E-state index >= 15 is 0 Å². The van der Waals surface area contributed by atoms with Gasteiger partial charge in [-0.05, 0) is 18.2 Å². The Morgan fingerprint density at radius 2 is 1.74 bits per heavy atom. The number of rotatable bonds is 1. The molecule has 0 atom stereocenters. The third-order valence-electron chi connectivity index (χ3n) is 2.57. The van der Waals surface area contributed by atoms with E-state index in [1.165, 1.54) is 18.2 Å². The van der Waals surface area contributed by atoms with Crippen LogP contribution in [0.4, 0.5) is 4.39 Å². The minimum atomic E-state index is -0.369. The Balaban J connectivity index is 2.63. The average Bonchev–Trinajstić information content (AvgIpc) is 2.30. The zero-order valence-electron chi connectivity index (χ0n) is 10.8.